The van der Waals surface area contributed by atoms with Crippen LogP contribution in [0.5, 0.6) is 5.75 Å². The summed E-state index contributed by atoms with van der Waals surface area (Å²) in [6.07, 6.45) is 0. The molecule has 0 heterocycles. The van der Waals surface area contributed by atoms with Gasteiger partial charge in [0, 0.05) is 12.6 Å². The summed E-state index contributed by atoms with van der Waals surface area (Å²) in [5, 5.41) is 11.0. The van der Waals surface area contributed by atoms with E-state index in [4.69, 9.17) is 15.2 Å². The molecule has 0 aromatic heterocycles. The van der Waals surface area contributed by atoms with Gasteiger partial charge in [0.15, 0.2) is 0 Å². The fourth-order valence-electron chi connectivity index (χ4n) is 2.90. The maximum Gasteiger partial charge on any atom is 0.308 e. The lowest BCUT2D eigenvalue weighted by molar-refractivity contribution is -0.148. The van der Waals surface area contributed by atoms with Crippen molar-refractivity contribution in [3.8, 4) is 5.75 Å². The summed E-state index contributed by atoms with van der Waals surface area (Å²) in [6.45, 7) is 11.3. The third kappa shape index (κ3) is 11.5. The average molecular weight is 508 g/mol. The SMILES string of the molecule is CC(C)NCC(=O)NC(C(=O)NCC(=O)Nc1ccc(COC(=O)C(C)C)cc1OCCN)C(C)C. The number of esters is 1. The molecule has 0 aliphatic heterocycles. The van der Waals surface area contributed by atoms with Crippen molar-refractivity contribution < 1.29 is 28.7 Å². The molecule has 11 nitrogen and oxygen atoms in total. The minimum absolute atomic E-state index is 0.0648. The Hall–Kier alpha value is -3.18. The van der Waals surface area contributed by atoms with E-state index in [-0.39, 0.29) is 62.6 Å². The second-order valence-electron chi connectivity index (χ2n) is 9.32. The molecule has 1 aromatic carbocycles. The Bertz CT molecular complexity index is 888. The number of benzene rings is 1. The highest BCUT2D eigenvalue weighted by Crippen LogP contribution is 2.26. The van der Waals surface area contributed by atoms with Crippen LogP contribution in [0.1, 0.15) is 47.1 Å². The predicted molar refractivity (Wildman–Crippen MR) is 137 cm³/mol. The Kier molecular flexibility index (Phi) is 13.5. The maximum absolute atomic E-state index is 12.6. The molecule has 0 radical (unpaired) electrons. The largest absolute Gasteiger partial charge is 0.490 e. The number of rotatable bonds is 15. The van der Waals surface area contributed by atoms with Gasteiger partial charge in [-0.05, 0) is 23.6 Å². The lowest BCUT2D eigenvalue weighted by atomic mass is 10.0. The smallest absolute Gasteiger partial charge is 0.308 e. The van der Waals surface area contributed by atoms with Gasteiger partial charge < -0.3 is 36.5 Å². The van der Waals surface area contributed by atoms with Crippen LogP contribution in [-0.4, -0.2) is 62.0 Å². The van der Waals surface area contributed by atoms with Gasteiger partial charge in [0.25, 0.3) is 0 Å². The molecule has 0 bridgehead atoms. The van der Waals surface area contributed by atoms with Gasteiger partial charge in [0.1, 0.15) is 25.0 Å². The van der Waals surface area contributed by atoms with Gasteiger partial charge in [-0.15, -0.1) is 0 Å². The molecular weight excluding hydrogens is 466 g/mol. The first-order valence-corrected chi connectivity index (χ1v) is 12.2. The first kappa shape index (κ1) is 30.9. The van der Waals surface area contributed by atoms with Gasteiger partial charge in [-0.3, -0.25) is 19.2 Å². The third-order valence-electron chi connectivity index (χ3n) is 4.91. The van der Waals surface area contributed by atoms with Gasteiger partial charge in [-0.25, -0.2) is 0 Å². The average Bonchev–Trinajstić information content (AvgIpc) is 2.82. The van der Waals surface area contributed by atoms with Crippen molar-refractivity contribution in [2.45, 2.75) is 60.2 Å². The van der Waals surface area contributed by atoms with E-state index in [1.54, 1.807) is 32.0 Å². The van der Waals surface area contributed by atoms with Crippen LogP contribution in [0.2, 0.25) is 0 Å². The van der Waals surface area contributed by atoms with E-state index in [1.165, 1.54) is 0 Å². The van der Waals surface area contributed by atoms with Crippen molar-refractivity contribution in [2.75, 3.05) is 31.6 Å². The number of anilines is 1. The molecule has 0 saturated heterocycles. The Balaban J connectivity index is 2.76. The predicted octanol–water partition coefficient (Wildman–Crippen LogP) is 0.917. The topological polar surface area (TPSA) is 161 Å². The number of hydrogen-bond acceptors (Lipinski definition) is 8. The summed E-state index contributed by atoms with van der Waals surface area (Å²) in [5.41, 5.74) is 6.61. The molecule has 1 aromatic rings. The van der Waals surface area contributed by atoms with Gasteiger partial charge in [-0.1, -0.05) is 47.6 Å². The Morgan fingerprint density at radius 3 is 2.25 bits per heavy atom. The van der Waals surface area contributed by atoms with Crippen molar-refractivity contribution in [3.05, 3.63) is 23.8 Å². The molecule has 1 unspecified atom stereocenters. The maximum atomic E-state index is 12.6. The molecule has 1 rings (SSSR count). The molecule has 0 saturated carbocycles. The number of carbonyl (C=O) groups excluding carboxylic acids is 4. The summed E-state index contributed by atoms with van der Waals surface area (Å²) in [6, 6.07) is 4.34. The van der Waals surface area contributed by atoms with Crippen molar-refractivity contribution in [1.82, 2.24) is 16.0 Å². The minimum atomic E-state index is -0.782. The molecule has 11 heteroatoms. The number of nitrogens with one attached hydrogen (secondary N) is 4. The van der Waals surface area contributed by atoms with E-state index in [2.05, 4.69) is 21.3 Å². The zero-order valence-electron chi connectivity index (χ0n) is 22.1. The number of nitrogens with two attached hydrogens (primary N) is 1. The minimum Gasteiger partial charge on any atom is -0.490 e. The van der Waals surface area contributed by atoms with Gasteiger partial charge in [-0.2, -0.15) is 0 Å². The van der Waals surface area contributed by atoms with E-state index in [1.807, 2.05) is 27.7 Å². The summed E-state index contributed by atoms with van der Waals surface area (Å²) < 4.78 is 10.9. The van der Waals surface area contributed by atoms with E-state index in [0.717, 1.165) is 0 Å². The van der Waals surface area contributed by atoms with Crippen molar-refractivity contribution in [2.24, 2.45) is 17.6 Å². The standard InChI is InChI=1S/C25H41N5O6/c1-15(2)23(30-22(32)12-27-17(5)6)24(33)28-13-21(31)29-19-8-7-18(11-20(19)35-10-9-26)14-36-25(34)16(3)4/h7-8,11,15-17,23,27H,9-10,12-14,26H2,1-6H3,(H,28,33)(H,29,31)(H,30,32). The molecule has 0 fully saturated rings. The molecule has 6 N–H and O–H groups in total. The van der Waals surface area contributed by atoms with Crippen molar-refractivity contribution in [1.29, 1.82) is 0 Å². The Labute approximate surface area is 213 Å². The van der Waals surface area contributed by atoms with Gasteiger partial charge in [0.2, 0.25) is 17.7 Å². The summed E-state index contributed by atoms with van der Waals surface area (Å²) in [5.74, 6) is -1.61. The number of amides is 3. The zero-order valence-corrected chi connectivity index (χ0v) is 22.1. The molecule has 1 atom stereocenters. The quantitative estimate of drug-likeness (QED) is 0.219. The highest BCUT2D eigenvalue weighted by Gasteiger charge is 2.24. The van der Waals surface area contributed by atoms with Crippen LogP contribution in [0.3, 0.4) is 0 Å². The van der Waals surface area contributed by atoms with Crippen LogP contribution >= 0.6 is 0 Å². The highest BCUT2D eigenvalue weighted by atomic mass is 16.5. The third-order valence-corrected chi connectivity index (χ3v) is 4.91. The van der Waals surface area contributed by atoms with E-state index in [0.29, 0.717) is 17.0 Å². The van der Waals surface area contributed by atoms with Crippen molar-refractivity contribution in [3.63, 3.8) is 0 Å². The van der Waals surface area contributed by atoms with Crippen LogP contribution in [0.4, 0.5) is 5.69 Å². The summed E-state index contributed by atoms with van der Waals surface area (Å²) >= 11 is 0. The molecule has 3 amide bonds. The zero-order chi connectivity index (χ0) is 27.3. The lowest BCUT2D eigenvalue weighted by Crippen LogP contribution is -2.52. The molecule has 0 spiro atoms. The fraction of sp³-hybridized carbons (Fsp3) is 0.600. The highest BCUT2D eigenvalue weighted by molar-refractivity contribution is 5.97. The molecule has 0 aliphatic carbocycles. The number of hydrogen-bond donors (Lipinski definition) is 5. The van der Waals surface area contributed by atoms with Gasteiger partial charge >= 0.3 is 5.97 Å². The monoisotopic (exact) mass is 507 g/mol. The summed E-state index contributed by atoms with van der Waals surface area (Å²) in [7, 11) is 0. The van der Waals surface area contributed by atoms with E-state index < -0.39 is 17.9 Å². The Morgan fingerprint density at radius 2 is 1.67 bits per heavy atom. The number of ether oxygens (including phenoxy) is 2. The molecular formula is C25H41N5O6. The van der Waals surface area contributed by atoms with Crippen LogP contribution in [0.25, 0.3) is 0 Å². The molecule has 0 aliphatic rings. The second kappa shape index (κ2) is 15.7. The molecule has 202 valence electrons. The van der Waals surface area contributed by atoms with E-state index >= 15 is 0 Å². The normalized spacial score (nSPS) is 11.8. The lowest BCUT2D eigenvalue weighted by Gasteiger charge is -2.22. The summed E-state index contributed by atoms with van der Waals surface area (Å²) in [4.78, 5) is 49.0. The first-order chi connectivity index (χ1) is 16.9. The fourth-order valence-corrected chi connectivity index (χ4v) is 2.90. The van der Waals surface area contributed by atoms with Crippen LogP contribution < -0.4 is 31.7 Å². The van der Waals surface area contributed by atoms with Crippen LogP contribution in [0.15, 0.2) is 18.2 Å². The van der Waals surface area contributed by atoms with Crippen LogP contribution in [-0.2, 0) is 30.5 Å². The molecule has 36 heavy (non-hydrogen) atoms. The van der Waals surface area contributed by atoms with Crippen molar-refractivity contribution >= 4 is 29.4 Å². The van der Waals surface area contributed by atoms with Gasteiger partial charge in [0.05, 0.1) is 24.7 Å². The van der Waals surface area contributed by atoms with E-state index in [9.17, 15) is 19.2 Å². The number of carbonyl (C=O) groups is 4. The first-order valence-electron chi connectivity index (χ1n) is 12.2. The van der Waals surface area contributed by atoms with Crippen LogP contribution in [0, 0.1) is 11.8 Å². The second-order valence-corrected chi connectivity index (χ2v) is 9.32. The Morgan fingerprint density at radius 1 is 0.972 bits per heavy atom.